The monoisotopic (exact) mass is 601 g/mol. The predicted octanol–water partition coefficient (Wildman–Crippen LogP) is 3.93. The highest BCUT2D eigenvalue weighted by Gasteiger charge is 2.39. The summed E-state index contributed by atoms with van der Waals surface area (Å²) >= 11 is 0. The van der Waals surface area contributed by atoms with Crippen molar-refractivity contribution in [1.29, 1.82) is 0 Å². The van der Waals surface area contributed by atoms with Gasteiger partial charge in [0.1, 0.15) is 30.0 Å². The van der Waals surface area contributed by atoms with E-state index in [9.17, 15) is 45.0 Å². The van der Waals surface area contributed by atoms with Crippen LogP contribution in [0.15, 0.2) is 36.5 Å². The van der Waals surface area contributed by atoms with Crippen LogP contribution in [0, 0.1) is 18.6 Å². The van der Waals surface area contributed by atoms with E-state index in [4.69, 9.17) is 19.7 Å². The lowest BCUT2D eigenvalue weighted by Gasteiger charge is -2.19. The summed E-state index contributed by atoms with van der Waals surface area (Å²) in [6.45, 7) is 0.442. The molecule has 0 unspecified atom stereocenters. The van der Waals surface area contributed by atoms with E-state index in [0.29, 0.717) is 0 Å². The summed E-state index contributed by atoms with van der Waals surface area (Å²) in [5.74, 6) is -4.90. The number of carboxylic acid groups (broad SMARTS) is 1. The average molecular weight is 601 g/mol. The number of amides is 1. The standard InChI is InChI=1S/C22H22F5N3O4.C2HF3O2/c1-12-19(21(33)29-13(10-31)7-8-18(32)22(25,26)27)30-9-3-6-17(20(30)28-12)34-11-14-15(23)4-2-5-16(14)24;3-2(4,5)1(6)7/h2-6,9,13,18,31-32H,7-8,10-11H2,1H3,(H,29,33);(H,6,7)/t13-,18-;/m1./s1. The zero-order chi connectivity index (χ0) is 31.1. The van der Waals surface area contributed by atoms with Crippen molar-refractivity contribution in [1.82, 2.24) is 14.7 Å². The number of carboxylic acids is 1. The van der Waals surface area contributed by atoms with E-state index in [2.05, 4.69) is 10.3 Å². The molecule has 0 saturated carbocycles. The third-order valence-corrected chi connectivity index (χ3v) is 5.40. The molecule has 1 amide bonds. The van der Waals surface area contributed by atoms with Crippen molar-refractivity contribution in [3.8, 4) is 5.75 Å². The van der Waals surface area contributed by atoms with Crippen LogP contribution < -0.4 is 10.1 Å². The van der Waals surface area contributed by atoms with Gasteiger partial charge in [0.2, 0.25) is 0 Å². The van der Waals surface area contributed by atoms with Gasteiger partial charge in [0.15, 0.2) is 11.4 Å². The molecule has 0 aliphatic heterocycles. The van der Waals surface area contributed by atoms with Crippen LogP contribution in [0.4, 0.5) is 35.1 Å². The van der Waals surface area contributed by atoms with Crippen LogP contribution in [-0.4, -0.2) is 67.7 Å². The number of aliphatic hydroxyl groups is 2. The Kier molecular flexibility index (Phi) is 11.0. The molecule has 0 aliphatic carbocycles. The number of carbonyl (C=O) groups excluding carboxylic acids is 1. The summed E-state index contributed by atoms with van der Waals surface area (Å²) in [6, 6.07) is 5.38. The van der Waals surface area contributed by atoms with Crippen molar-refractivity contribution < 1.29 is 64.8 Å². The van der Waals surface area contributed by atoms with E-state index in [-0.39, 0.29) is 34.8 Å². The van der Waals surface area contributed by atoms with Gasteiger partial charge in [-0.05, 0) is 44.0 Å². The molecule has 3 rings (SSSR count). The minimum atomic E-state index is -5.08. The molecule has 4 N–H and O–H groups in total. The molecule has 0 radical (unpaired) electrons. The van der Waals surface area contributed by atoms with Crippen molar-refractivity contribution >= 4 is 17.5 Å². The second kappa shape index (κ2) is 13.6. The molecule has 0 aliphatic rings. The normalized spacial score (nSPS) is 13.2. The molecule has 1 aromatic carbocycles. The first-order chi connectivity index (χ1) is 19.0. The molecule has 3 aromatic rings. The fraction of sp³-hybridized carbons (Fsp3) is 0.375. The quantitative estimate of drug-likeness (QED) is 0.273. The van der Waals surface area contributed by atoms with Gasteiger partial charge >= 0.3 is 18.3 Å². The zero-order valence-electron chi connectivity index (χ0n) is 20.9. The number of benzene rings is 1. The number of aliphatic carboxylic acids is 1. The number of imidazole rings is 1. The van der Waals surface area contributed by atoms with Gasteiger partial charge in [0, 0.05) is 6.20 Å². The summed E-state index contributed by atoms with van der Waals surface area (Å²) in [4.78, 5) is 26.0. The van der Waals surface area contributed by atoms with E-state index in [1.165, 1.54) is 35.7 Å². The zero-order valence-corrected chi connectivity index (χ0v) is 20.9. The number of aromatic nitrogens is 2. The Bertz CT molecular complexity index is 1340. The van der Waals surface area contributed by atoms with Gasteiger partial charge in [0.05, 0.1) is 23.9 Å². The van der Waals surface area contributed by atoms with Crippen molar-refractivity contribution in [2.24, 2.45) is 0 Å². The van der Waals surface area contributed by atoms with E-state index < -0.39 is 67.6 Å². The maximum Gasteiger partial charge on any atom is 0.490 e. The van der Waals surface area contributed by atoms with Crippen LogP contribution in [0.3, 0.4) is 0 Å². The Morgan fingerprint density at radius 1 is 1.05 bits per heavy atom. The molecule has 0 saturated heterocycles. The number of nitrogens with one attached hydrogen (secondary N) is 1. The van der Waals surface area contributed by atoms with E-state index in [1.54, 1.807) is 0 Å². The Balaban J connectivity index is 0.000000745. The van der Waals surface area contributed by atoms with E-state index in [1.807, 2.05) is 0 Å². The highest BCUT2D eigenvalue weighted by atomic mass is 19.4. The molecule has 2 aromatic heterocycles. The van der Waals surface area contributed by atoms with Crippen molar-refractivity contribution in [3.63, 3.8) is 0 Å². The molecule has 0 fully saturated rings. The van der Waals surface area contributed by atoms with Crippen molar-refractivity contribution in [2.45, 2.75) is 50.9 Å². The number of hydrogen-bond donors (Lipinski definition) is 4. The Hall–Kier alpha value is -3.99. The van der Waals surface area contributed by atoms with Gasteiger partial charge in [-0.3, -0.25) is 9.20 Å². The first-order valence-electron chi connectivity index (χ1n) is 11.5. The average Bonchev–Trinajstić information content (AvgIpc) is 3.21. The molecule has 0 bridgehead atoms. The van der Waals surface area contributed by atoms with E-state index >= 15 is 0 Å². The number of rotatable bonds is 9. The Labute approximate surface area is 226 Å². The maximum atomic E-state index is 13.9. The molecule has 226 valence electrons. The largest absolute Gasteiger partial charge is 0.490 e. The number of alkyl halides is 6. The summed E-state index contributed by atoms with van der Waals surface area (Å²) < 4.78 is 104. The molecule has 17 heteroatoms. The third-order valence-electron chi connectivity index (χ3n) is 5.40. The molecule has 2 atom stereocenters. The fourth-order valence-electron chi connectivity index (χ4n) is 3.35. The van der Waals surface area contributed by atoms with Crippen LogP contribution >= 0.6 is 0 Å². The number of aryl methyl sites for hydroxylation is 1. The molecule has 0 spiro atoms. The van der Waals surface area contributed by atoms with Gasteiger partial charge in [0.25, 0.3) is 5.91 Å². The van der Waals surface area contributed by atoms with Crippen LogP contribution in [-0.2, 0) is 11.4 Å². The Morgan fingerprint density at radius 2 is 1.63 bits per heavy atom. The van der Waals surface area contributed by atoms with Crippen LogP contribution in [0.5, 0.6) is 5.75 Å². The molecule has 9 nitrogen and oxygen atoms in total. The number of fused-ring (bicyclic) bond motifs is 1. The van der Waals surface area contributed by atoms with Crippen molar-refractivity contribution in [3.05, 3.63) is 65.1 Å². The third kappa shape index (κ3) is 9.01. The number of carbonyl (C=O) groups is 2. The number of nitrogens with zero attached hydrogens (tertiary/aromatic N) is 2. The summed E-state index contributed by atoms with van der Waals surface area (Å²) in [5, 5.41) is 28.2. The maximum absolute atomic E-state index is 13.9. The summed E-state index contributed by atoms with van der Waals surface area (Å²) in [6.07, 6.45) is -12.0. The minimum Gasteiger partial charge on any atom is -0.485 e. The lowest BCUT2D eigenvalue weighted by molar-refractivity contribution is -0.206. The van der Waals surface area contributed by atoms with Gasteiger partial charge < -0.3 is 25.4 Å². The SMILES string of the molecule is Cc1nc2c(OCc3c(F)cccc3F)cccn2c1C(=O)N[C@@H](CO)CC[C@@H](O)C(F)(F)F.O=C(O)C(F)(F)F. The second-order valence-electron chi connectivity index (χ2n) is 8.39. The van der Waals surface area contributed by atoms with Gasteiger partial charge in [-0.1, -0.05) is 6.07 Å². The van der Waals surface area contributed by atoms with Gasteiger partial charge in [-0.25, -0.2) is 18.6 Å². The van der Waals surface area contributed by atoms with Crippen LogP contribution in [0.25, 0.3) is 5.65 Å². The van der Waals surface area contributed by atoms with Crippen molar-refractivity contribution in [2.75, 3.05) is 6.61 Å². The topological polar surface area (TPSA) is 133 Å². The second-order valence-corrected chi connectivity index (χ2v) is 8.39. The molecule has 41 heavy (non-hydrogen) atoms. The Morgan fingerprint density at radius 3 is 2.15 bits per heavy atom. The highest BCUT2D eigenvalue weighted by Crippen LogP contribution is 2.25. The number of pyridine rings is 1. The number of hydrogen-bond acceptors (Lipinski definition) is 6. The first kappa shape index (κ1) is 33.2. The minimum absolute atomic E-state index is 0.0346. The fourth-order valence-corrected chi connectivity index (χ4v) is 3.35. The molecular weight excluding hydrogens is 578 g/mol. The lowest BCUT2D eigenvalue weighted by Crippen LogP contribution is -2.40. The van der Waals surface area contributed by atoms with Gasteiger partial charge in [-0.2, -0.15) is 26.3 Å². The van der Waals surface area contributed by atoms with E-state index in [0.717, 1.165) is 12.1 Å². The highest BCUT2D eigenvalue weighted by molar-refractivity contribution is 5.95. The molecular formula is C24H23F8N3O6. The number of ether oxygens (including phenoxy) is 1. The predicted molar refractivity (Wildman–Crippen MR) is 124 cm³/mol. The number of aliphatic hydroxyl groups excluding tert-OH is 2. The number of halogens is 8. The van der Waals surface area contributed by atoms with Crippen LogP contribution in [0.1, 0.15) is 34.6 Å². The summed E-state index contributed by atoms with van der Waals surface area (Å²) in [5.41, 5.74) is 0.178. The molecule has 2 heterocycles. The summed E-state index contributed by atoms with van der Waals surface area (Å²) in [7, 11) is 0. The first-order valence-corrected chi connectivity index (χ1v) is 11.5. The van der Waals surface area contributed by atoms with Gasteiger partial charge in [-0.15, -0.1) is 0 Å². The smallest absolute Gasteiger partial charge is 0.485 e. The lowest BCUT2D eigenvalue weighted by atomic mass is 10.1. The van der Waals surface area contributed by atoms with Crippen LogP contribution in [0.2, 0.25) is 0 Å².